The van der Waals surface area contributed by atoms with Gasteiger partial charge in [0, 0.05) is 12.6 Å². The number of hydrogen-bond donors (Lipinski definition) is 0. The molecule has 0 aromatic heterocycles. The standard InChI is InChI=1S/C12H21NO3/c1-13(9-11(14)15-2)10-4-7-16-12(8-10)5-3-6-12/h10H,3-9H2,1-2H3. The van der Waals surface area contributed by atoms with Crippen LogP contribution in [0.15, 0.2) is 0 Å². The van der Waals surface area contributed by atoms with Crippen molar-refractivity contribution in [1.82, 2.24) is 4.90 Å². The van der Waals surface area contributed by atoms with E-state index in [1.54, 1.807) is 0 Å². The molecule has 4 nitrogen and oxygen atoms in total. The highest BCUT2D eigenvalue weighted by Gasteiger charge is 2.43. The summed E-state index contributed by atoms with van der Waals surface area (Å²) in [5.41, 5.74) is 0.146. The molecule has 1 aliphatic carbocycles. The van der Waals surface area contributed by atoms with Gasteiger partial charge in [0.25, 0.3) is 0 Å². The third-order valence-electron chi connectivity index (χ3n) is 3.96. The van der Waals surface area contributed by atoms with Crippen LogP contribution in [-0.4, -0.2) is 49.8 Å². The van der Waals surface area contributed by atoms with Gasteiger partial charge in [-0.1, -0.05) is 0 Å². The third-order valence-corrected chi connectivity index (χ3v) is 3.96. The number of carbonyl (C=O) groups is 1. The summed E-state index contributed by atoms with van der Waals surface area (Å²) in [7, 11) is 3.44. The van der Waals surface area contributed by atoms with E-state index in [1.165, 1.54) is 26.4 Å². The van der Waals surface area contributed by atoms with Crippen molar-refractivity contribution in [3.63, 3.8) is 0 Å². The average molecular weight is 227 g/mol. The number of methoxy groups -OCH3 is 1. The Labute approximate surface area is 96.9 Å². The van der Waals surface area contributed by atoms with Gasteiger partial charge < -0.3 is 9.47 Å². The zero-order valence-corrected chi connectivity index (χ0v) is 10.2. The lowest BCUT2D eigenvalue weighted by Crippen LogP contribution is -2.52. The number of carbonyl (C=O) groups excluding carboxylic acids is 1. The molecule has 0 aromatic rings. The van der Waals surface area contributed by atoms with Gasteiger partial charge in [0.15, 0.2) is 0 Å². The Balaban J connectivity index is 1.86. The smallest absolute Gasteiger partial charge is 0.319 e. The second-order valence-corrected chi connectivity index (χ2v) is 5.02. The van der Waals surface area contributed by atoms with E-state index in [2.05, 4.69) is 4.90 Å². The molecular weight excluding hydrogens is 206 g/mol. The third kappa shape index (κ3) is 2.38. The van der Waals surface area contributed by atoms with Crippen molar-refractivity contribution in [1.29, 1.82) is 0 Å². The molecule has 92 valence electrons. The maximum absolute atomic E-state index is 11.2. The Kier molecular flexibility index (Phi) is 3.50. The SMILES string of the molecule is COC(=O)CN(C)C1CCOC2(CCC2)C1. The van der Waals surface area contributed by atoms with E-state index < -0.39 is 0 Å². The molecule has 0 bridgehead atoms. The van der Waals surface area contributed by atoms with Gasteiger partial charge in [0.05, 0.1) is 19.3 Å². The van der Waals surface area contributed by atoms with Crippen LogP contribution in [0.25, 0.3) is 0 Å². The van der Waals surface area contributed by atoms with Crippen molar-refractivity contribution in [2.24, 2.45) is 0 Å². The summed E-state index contributed by atoms with van der Waals surface area (Å²) in [6.45, 7) is 1.22. The maximum Gasteiger partial charge on any atom is 0.319 e. The minimum Gasteiger partial charge on any atom is -0.468 e. The summed E-state index contributed by atoms with van der Waals surface area (Å²) in [6, 6.07) is 0.466. The molecular formula is C12H21NO3. The molecule has 0 radical (unpaired) electrons. The average Bonchev–Trinajstić information content (AvgIpc) is 2.27. The van der Waals surface area contributed by atoms with E-state index >= 15 is 0 Å². The molecule has 1 atom stereocenters. The number of esters is 1. The van der Waals surface area contributed by atoms with Crippen molar-refractivity contribution in [2.45, 2.75) is 43.7 Å². The molecule has 16 heavy (non-hydrogen) atoms. The minimum atomic E-state index is -0.156. The van der Waals surface area contributed by atoms with Crippen molar-refractivity contribution in [2.75, 3.05) is 27.3 Å². The Hall–Kier alpha value is -0.610. The summed E-state index contributed by atoms with van der Waals surface area (Å²) < 4.78 is 10.6. The molecule has 0 N–H and O–H groups in total. The lowest BCUT2D eigenvalue weighted by Gasteiger charge is -2.48. The van der Waals surface area contributed by atoms with E-state index in [0.29, 0.717) is 12.6 Å². The van der Waals surface area contributed by atoms with Crippen LogP contribution in [0.2, 0.25) is 0 Å². The first-order valence-corrected chi connectivity index (χ1v) is 6.06. The van der Waals surface area contributed by atoms with Crippen molar-refractivity contribution in [3.05, 3.63) is 0 Å². The number of nitrogens with zero attached hydrogens (tertiary/aromatic N) is 1. The van der Waals surface area contributed by atoms with Gasteiger partial charge in [-0.05, 0) is 39.2 Å². The molecule has 0 amide bonds. The van der Waals surface area contributed by atoms with Crippen molar-refractivity contribution >= 4 is 5.97 Å². The van der Waals surface area contributed by atoms with E-state index in [1.807, 2.05) is 7.05 Å². The van der Waals surface area contributed by atoms with Crippen molar-refractivity contribution in [3.8, 4) is 0 Å². The topological polar surface area (TPSA) is 38.8 Å². The van der Waals surface area contributed by atoms with Crippen LogP contribution in [0.3, 0.4) is 0 Å². The molecule has 0 aromatic carbocycles. The van der Waals surface area contributed by atoms with Gasteiger partial charge in [-0.15, -0.1) is 0 Å². The zero-order chi connectivity index (χ0) is 11.6. The van der Waals surface area contributed by atoms with Crippen molar-refractivity contribution < 1.29 is 14.3 Å². The summed E-state index contributed by atoms with van der Waals surface area (Å²) in [4.78, 5) is 13.3. The quantitative estimate of drug-likeness (QED) is 0.679. The Bertz CT molecular complexity index is 263. The first-order chi connectivity index (χ1) is 7.65. The lowest BCUT2D eigenvalue weighted by atomic mass is 9.73. The molecule has 2 aliphatic rings. The predicted molar refractivity (Wildman–Crippen MR) is 60.2 cm³/mol. The second-order valence-electron chi connectivity index (χ2n) is 5.02. The summed E-state index contributed by atoms with van der Waals surface area (Å²) in [5.74, 6) is -0.156. The Morgan fingerprint density at radius 2 is 2.31 bits per heavy atom. The van der Waals surface area contributed by atoms with E-state index in [-0.39, 0.29) is 11.6 Å². The lowest BCUT2D eigenvalue weighted by molar-refractivity contribution is -0.154. The molecule has 1 heterocycles. The summed E-state index contributed by atoms with van der Waals surface area (Å²) >= 11 is 0. The molecule has 4 heteroatoms. The number of ether oxygens (including phenoxy) is 2. The largest absolute Gasteiger partial charge is 0.468 e. The van der Waals surface area contributed by atoms with Crippen LogP contribution >= 0.6 is 0 Å². The fourth-order valence-corrected chi connectivity index (χ4v) is 2.69. The summed E-state index contributed by atoms with van der Waals surface area (Å²) in [6.07, 6.45) is 5.76. The first kappa shape index (κ1) is 11.9. The molecule has 2 fully saturated rings. The van der Waals surface area contributed by atoms with Crippen LogP contribution in [0, 0.1) is 0 Å². The highest BCUT2D eigenvalue weighted by atomic mass is 16.5. The fraction of sp³-hybridized carbons (Fsp3) is 0.917. The van der Waals surface area contributed by atoms with Crippen LogP contribution in [-0.2, 0) is 14.3 Å². The maximum atomic E-state index is 11.2. The second kappa shape index (κ2) is 4.72. The van der Waals surface area contributed by atoms with Crippen LogP contribution in [0.5, 0.6) is 0 Å². The van der Waals surface area contributed by atoms with E-state index in [9.17, 15) is 4.79 Å². The normalized spacial score (nSPS) is 27.8. The fourth-order valence-electron chi connectivity index (χ4n) is 2.69. The van der Waals surface area contributed by atoms with Crippen LogP contribution < -0.4 is 0 Å². The number of rotatable bonds is 3. The van der Waals surface area contributed by atoms with Gasteiger partial charge >= 0.3 is 5.97 Å². The Morgan fingerprint density at radius 1 is 1.56 bits per heavy atom. The monoisotopic (exact) mass is 227 g/mol. The zero-order valence-electron chi connectivity index (χ0n) is 10.2. The van der Waals surface area contributed by atoms with Gasteiger partial charge in [0.1, 0.15) is 0 Å². The van der Waals surface area contributed by atoms with E-state index in [0.717, 1.165) is 19.4 Å². The van der Waals surface area contributed by atoms with Gasteiger partial charge in [-0.2, -0.15) is 0 Å². The molecule has 1 saturated carbocycles. The molecule has 2 rings (SSSR count). The van der Waals surface area contributed by atoms with Crippen LogP contribution in [0.1, 0.15) is 32.1 Å². The molecule has 1 saturated heterocycles. The van der Waals surface area contributed by atoms with Gasteiger partial charge in [-0.3, -0.25) is 9.69 Å². The predicted octanol–water partition coefficient (Wildman–Crippen LogP) is 1.19. The molecule has 1 spiro atoms. The molecule has 1 unspecified atom stereocenters. The van der Waals surface area contributed by atoms with Crippen LogP contribution in [0.4, 0.5) is 0 Å². The first-order valence-electron chi connectivity index (χ1n) is 6.06. The Morgan fingerprint density at radius 3 is 2.88 bits per heavy atom. The summed E-state index contributed by atoms with van der Waals surface area (Å²) in [5, 5.41) is 0. The highest BCUT2D eigenvalue weighted by molar-refractivity contribution is 5.71. The van der Waals surface area contributed by atoms with Gasteiger partial charge in [-0.25, -0.2) is 0 Å². The van der Waals surface area contributed by atoms with E-state index in [4.69, 9.17) is 9.47 Å². The van der Waals surface area contributed by atoms with Gasteiger partial charge in [0.2, 0.25) is 0 Å². The minimum absolute atomic E-state index is 0.146. The number of likely N-dealkylation sites (N-methyl/N-ethyl adjacent to an activating group) is 1. The molecule has 1 aliphatic heterocycles. The number of hydrogen-bond acceptors (Lipinski definition) is 4. The highest BCUT2D eigenvalue weighted by Crippen LogP contribution is 2.43.